The number of nitrogens with one attached hydrogen (secondary N) is 3. The van der Waals surface area contributed by atoms with Gasteiger partial charge in [0.2, 0.25) is 5.91 Å². The molecule has 2 aromatic carbocycles. The van der Waals surface area contributed by atoms with Gasteiger partial charge in [0.1, 0.15) is 0 Å². The molecular formula is C24H28BrN3O3. The zero-order valence-electron chi connectivity index (χ0n) is 17.5. The molecule has 1 fully saturated rings. The summed E-state index contributed by atoms with van der Waals surface area (Å²) in [5.74, 6) is -0.238. The first-order valence-electron chi connectivity index (χ1n) is 10.8. The van der Waals surface area contributed by atoms with Crippen molar-refractivity contribution in [1.29, 1.82) is 0 Å². The zero-order chi connectivity index (χ0) is 22.1. The number of rotatable bonds is 8. The Morgan fingerprint density at radius 3 is 2.10 bits per heavy atom. The third-order valence-electron chi connectivity index (χ3n) is 5.38. The molecule has 1 aliphatic carbocycles. The summed E-state index contributed by atoms with van der Waals surface area (Å²) in [7, 11) is 0. The van der Waals surface area contributed by atoms with Crippen LogP contribution >= 0.6 is 15.9 Å². The van der Waals surface area contributed by atoms with Crippen LogP contribution in [0.15, 0.2) is 53.0 Å². The lowest BCUT2D eigenvalue weighted by molar-refractivity contribution is -0.120. The summed E-state index contributed by atoms with van der Waals surface area (Å²) in [6, 6.07) is 14.2. The quantitative estimate of drug-likeness (QED) is 0.480. The van der Waals surface area contributed by atoms with Gasteiger partial charge in [-0.3, -0.25) is 14.4 Å². The minimum Gasteiger partial charge on any atom is -0.352 e. The second-order valence-corrected chi connectivity index (χ2v) is 8.70. The zero-order valence-corrected chi connectivity index (χ0v) is 19.0. The number of amides is 3. The molecular weight excluding hydrogens is 458 g/mol. The number of hydrogen-bond donors (Lipinski definition) is 3. The molecule has 3 rings (SSSR count). The second kappa shape index (κ2) is 11.6. The summed E-state index contributed by atoms with van der Waals surface area (Å²) in [6.45, 7) is 0.902. The van der Waals surface area contributed by atoms with Gasteiger partial charge in [0.25, 0.3) is 11.8 Å². The van der Waals surface area contributed by atoms with Gasteiger partial charge in [-0.05, 0) is 55.7 Å². The predicted molar refractivity (Wildman–Crippen MR) is 125 cm³/mol. The van der Waals surface area contributed by atoms with Crippen LogP contribution in [0.4, 0.5) is 5.69 Å². The largest absolute Gasteiger partial charge is 0.352 e. The minimum absolute atomic E-state index is 0.0402. The maximum Gasteiger partial charge on any atom is 0.251 e. The molecule has 0 atom stereocenters. The van der Waals surface area contributed by atoms with E-state index < -0.39 is 0 Å². The van der Waals surface area contributed by atoms with Gasteiger partial charge in [0.15, 0.2) is 0 Å². The Hall–Kier alpha value is -2.67. The van der Waals surface area contributed by atoms with E-state index in [4.69, 9.17) is 0 Å². The van der Waals surface area contributed by atoms with Crippen molar-refractivity contribution in [3.8, 4) is 0 Å². The molecule has 0 aromatic heterocycles. The molecule has 6 nitrogen and oxygen atoms in total. The van der Waals surface area contributed by atoms with Crippen LogP contribution in [0.2, 0.25) is 0 Å². The summed E-state index contributed by atoms with van der Waals surface area (Å²) in [5, 5.41) is 8.64. The molecule has 164 valence electrons. The summed E-state index contributed by atoms with van der Waals surface area (Å²) in [4.78, 5) is 36.9. The topological polar surface area (TPSA) is 87.3 Å². The van der Waals surface area contributed by atoms with Gasteiger partial charge in [0.05, 0.1) is 0 Å². The summed E-state index contributed by atoms with van der Waals surface area (Å²) in [6.07, 6.45) is 5.89. The number of hydrogen-bond acceptors (Lipinski definition) is 3. The van der Waals surface area contributed by atoms with Crippen LogP contribution in [0.25, 0.3) is 0 Å². The van der Waals surface area contributed by atoms with Gasteiger partial charge in [-0.1, -0.05) is 47.3 Å². The van der Waals surface area contributed by atoms with E-state index in [-0.39, 0.29) is 23.6 Å². The molecule has 7 heteroatoms. The predicted octanol–water partition coefficient (Wildman–Crippen LogP) is 4.52. The Morgan fingerprint density at radius 2 is 1.45 bits per heavy atom. The van der Waals surface area contributed by atoms with Crippen LogP contribution in [0.5, 0.6) is 0 Å². The van der Waals surface area contributed by atoms with Crippen LogP contribution in [0.1, 0.15) is 59.2 Å². The van der Waals surface area contributed by atoms with Crippen molar-refractivity contribution >= 4 is 39.3 Å². The Kier molecular flexibility index (Phi) is 8.64. The number of halogens is 1. The van der Waals surface area contributed by atoms with E-state index in [9.17, 15) is 14.4 Å². The molecule has 0 aliphatic heterocycles. The highest BCUT2D eigenvalue weighted by Gasteiger charge is 2.21. The monoisotopic (exact) mass is 485 g/mol. The first-order chi connectivity index (χ1) is 15.0. The van der Waals surface area contributed by atoms with Crippen molar-refractivity contribution in [3.05, 3.63) is 64.1 Å². The lowest BCUT2D eigenvalue weighted by atomic mass is 9.88. The number of carbonyl (C=O) groups is 3. The summed E-state index contributed by atoms with van der Waals surface area (Å²) in [5.41, 5.74) is 1.73. The molecule has 3 amide bonds. The van der Waals surface area contributed by atoms with E-state index >= 15 is 0 Å². The molecule has 0 saturated heterocycles. The molecule has 31 heavy (non-hydrogen) atoms. The standard InChI is InChI=1S/C24H28BrN3O3/c25-20-11-4-9-18(15-20)22(29)26-13-6-14-27-23(30)19-10-5-12-21(16-19)28-24(31)17-7-2-1-3-8-17/h4-5,9-12,15-17H,1-3,6-8,13-14H2,(H,26,29)(H,27,30)(H,28,31). The first-order valence-corrected chi connectivity index (χ1v) is 11.5. The maximum absolute atomic E-state index is 12.4. The Balaban J connectivity index is 1.40. The van der Waals surface area contributed by atoms with Crippen LogP contribution < -0.4 is 16.0 Å². The van der Waals surface area contributed by atoms with E-state index in [0.717, 1.165) is 30.2 Å². The summed E-state index contributed by atoms with van der Waals surface area (Å²) < 4.78 is 0.851. The minimum atomic E-state index is -0.202. The lowest BCUT2D eigenvalue weighted by Gasteiger charge is -2.20. The molecule has 1 saturated carbocycles. The second-order valence-electron chi connectivity index (χ2n) is 7.78. The Bertz CT molecular complexity index is 926. The number of benzene rings is 2. The molecule has 0 bridgehead atoms. The molecule has 1 aliphatic rings. The average Bonchev–Trinajstić information content (AvgIpc) is 2.79. The molecule has 2 aromatic rings. The van der Waals surface area contributed by atoms with Crippen molar-refractivity contribution in [1.82, 2.24) is 10.6 Å². The van der Waals surface area contributed by atoms with E-state index in [1.807, 2.05) is 12.1 Å². The molecule has 3 N–H and O–H groups in total. The maximum atomic E-state index is 12.4. The van der Waals surface area contributed by atoms with Crippen molar-refractivity contribution in [2.75, 3.05) is 18.4 Å². The number of carbonyl (C=O) groups excluding carboxylic acids is 3. The lowest BCUT2D eigenvalue weighted by Crippen LogP contribution is -2.30. The average molecular weight is 486 g/mol. The van der Waals surface area contributed by atoms with E-state index in [2.05, 4.69) is 31.9 Å². The van der Waals surface area contributed by atoms with E-state index in [0.29, 0.717) is 36.3 Å². The van der Waals surface area contributed by atoms with Gasteiger partial charge >= 0.3 is 0 Å². The van der Waals surface area contributed by atoms with Crippen LogP contribution in [0.3, 0.4) is 0 Å². The van der Waals surface area contributed by atoms with Gasteiger partial charge in [0, 0.05) is 40.3 Å². The van der Waals surface area contributed by atoms with Gasteiger partial charge in [-0.25, -0.2) is 0 Å². The van der Waals surface area contributed by atoms with Gasteiger partial charge in [-0.2, -0.15) is 0 Å². The van der Waals surface area contributed by atoms with E-state index in [1.165, 1.54) is 6.42 Å². The molecule has 0 unspecified atom stereocenters. The molecule has 0 radical (unpaired) electrons. The summed E-state index contributed by atoms with van der Waals surface area (Å²) >= 11 is 3.35. The fourth-order valence-corrected chi connectivity index (χ4v) is 4.07. The SMILES string of the molecule is O=C(NCCCNC(=O)c1cccc(NC(=O)C2CCCCC2)c1)c1cccc(Br)c1. The fourth-order valence-electron chi connectivity index (χ4n) is 3.67. The van der Waals surface area contributed by atoms with Crippen molar-refractivity contribution < 1.29 is 14.4 Å². The highest BCUT2D eigenvalue weighted by Crippen LogP contribution is 2.25. The fraction of sp³-hybridized carbons (Fsp3) is 0.375. The van der Waals surface area contributed by atoms with Gasteiger partial charge in [-0.15, -0.1) is 0 Å². The van der Waals surface area contributed by atoms with Crippen LogP contribution in [-0.2, 0) is 4.79 Å². The highest BCUT2D eigenvalue weighted by atomic mass is 79.9. The molecule has 0 heterocycles. The van der Waals surface area contributed by atoms with Crippen molar-refractivity contribution in [2.24, 2.45) is 5.92 Å². The highest BCUT2D eigenvalue weighted by molar-refractivity contribution is 9.10. The van der Waals surface area contributed by atoms with Crippen molar-refractivity contribution in [2.45, 2.75) is 38.5 Å². The van der Waals surface area contributed by atoms with Crippen molar-refractivity contribution in [3.63, 3.8) is 0 Å². The smallest absolute Gasteiger partial charge is 0.251 e. The third kappa shape index (κ3) is 7.21. The van der Waals surface area contributed by atoms with Crippen LogP contribution in [0, 0.1) is 5.92 Å². The van der Waals surface area contributed by atoms with Crippen LogP contribution in [-0.4, -0.2) is 30.8 Å². The number of anilines is 1. The van der Waals surface area contributed by atoms with Gasteiger partial charge < -0.3 is 16.0 Å². The third-order valence-corrected chi connectivity index (χ3v) is 5.87. The Morgan fingerprint density at radius 1 is 0.839 bits per heavy atom. The molecule has 0 spiro atoms. The van der Waals surface area contributed by atoms with E-state index in [1.54, 1.807) is 36.4 Å². The Labute approximate surface area is 191 Å². The first kappa shape index (κ1) is 23.0. The normalized spacial score (nSPS) is 14.0.